The number of carbonyl (C=O) groups is 1. The van der Waals surface area contributed by atoms with Crippen molar-refractivity contribution >= 4 is 5.91 Å². The molecule has 4 heteroatoms. The largest absolute Gasteiger partial charge is 0.457 e. The van der Waals surface area contributed by atoms with Gasteiger partial charge in [-0.15, -0.1) is 0 Å². The van der Waals surface area contributed by atoms with Crippen molar-refractivity contribution in [2.45, 2.75) is 32.7 Å². The summed E-state index contributed by atoms with van der Waals surface area (Å²) in [7, 11) is 0. The van der Waals surface area contributed by atoms with E-state index in [0.717, 1.165) is 49.4 Å². The Hall–Kier alpha value is -2.33. The van der Waals surface area contributed by atoms with E-state index in [4.69, 9.17) is 4.74 Å². The lowest BCUT2D eigenvalue weighted by molar-refractivity contribution is -0.123. The van der Waals surface area contributed by atoms with Crippen molar-refractivity contribution in [2.75, 3.05) is 13.1 Å². The number of para-hydroxylation sites is 1. The molecule has 1 amide bonds. The third-order valence-electron chi connectivity index (χ3n) is 5.78. The molecule has 1 spiro atoms. The molecule has 1 heterocycles. The van der Waals surface area contributed by atoms with Gasteiger partial charge in [-0.1, -0.05) is 35.9 Å². The minimum absolute atomic E-state index is 0.190. The van der Waals surface area contributed by atoms with E-state index in [1.807, 2.05) is 48.5 Å². The molecule has 1 saturated carbocycles. The summed E-state index contributed by atoms with van der Waals surface area (Å²) in [5.74, 6) is 1.99. The van der Waals surface area contributed by atoms with Crippen LogP contribution in [0.3, 0.4) is 0 Å². The fourth-order valence-electron chi connectivity index (χ4n) is 3.98. The second-order valence-electron chi connectivity index (χ2n) is 7.61. The first-order valence-corrected chi connectivity index (χ1v) is 9.47. The maximum absolute atomic E-state index is 12.6. The van der Waals surface area contributed by atoms with E-state index in [0.29, 0.717) is 6.54 Å². The number of aryl methyl sites for hydroxylation is 1. The smallest absolute Gasteiger partial charge is 0.223 e. The zero-order chi connectivity index (χ0) is 18.0. The summed E-state index contributed by atoms with van der Waals surface area (Å²) in [4.78, 5) is 12.6. The van der Waals surface area contributed by atoms with Crippen LogP contribution in [0, 0.1) is 18.3 Å². The number of carbonyl (C=O) groups excluding carboxylic acids is 1. The Morgan fingerprint density at radius 3 is 2.65 bits per heavy atom. The lowest BCUT2D eigenvalue weighted by Gasteiger charge is -2.23. The number of nitrogens with one attached hydrogen (secondary N) is 2. The normalized spacial score (nSPS) is 20.6. The molecule has 4 nitrogen and oxygen atoms in total. The van der Waals surface area contributed by atoms with E-state index in [1.165, 1.54) is 5.56 Å². The summed E-state index contributed by atoms with van der Waals surface area (Å²) in [6.07, 6.45) is 3.29. The van der Waals surface area contributed by atoms with Crippen LogP contribution in [0.2, 0.25) is 0 Å². The summed E-state index contributed by atoms with van der Waals surface area (Å²) in [5.41, 5.74) is 2.48. The fraction of sp³-hybridized carbons (Fsp3) is 0.409. The van der Waals surface area contributed by atoms with Gasteiger partial charge in [0.05, 0.1) is 0 Å². The standard InChI is InChI=1S/C22H26N2O2/c1-16-6-8-18(9-7-16)26-20-5-3-2-4-17(20)15-24-21(25)19-14-22(19)10-12-23-13-11-22/h2-9,19,23H,10-15H2,1H3,(H,24,25). The number of hydrogen-bond acceptors (Lipinski definition) is 3. The molecule has 1 unspecified atom stereocenters. The first-order valence-electron chi connectivity index (χ1n) is 9.47. The van der Waals surface area contributed by atoms with Crippen LogP contribution in [0.1, 0.15) is 30.4 Å². The molecular formula is C22H26N2O2. The van der Waals surface area contributed by atoms with E-state index in [-0.39, 0.29) is 17.2 Å². The molecule has 2 aromatic rings. The van der Waals surface area contributed by atoms with Gasteiger partial charge in [-0.2, -0.15) is 0 Å². The number of rotatable bonds is 5. The zero-order valence-corrected chi connectivity index (χ0v) is 15.3. The van der Waals surface area contributed by atoms with Gasteiger partial charge >= 0.3 is 0 Å². The van der Waals surface area contributed by atoms with Gasteiger partial charge in [0, 0.05) is 18.0 Å². The van der Waals surface area contributed by atoms with Crippen molar-refractivity contribution in [3.05, 3.63) is 59.7 Å². The van der Waals surface area contributed by atoms with Gasteiger partial charge in [0.25, 0.3) is 0 Å². The third kappa shape index (κ3) is 3.61. The third-order valence-corrected chi connectivity index (χ3v) is 5.78. The maximum atomic E-state index is 12.6. The lowest BCUT2D eigenvalue weighted by Crippen LogP contribution is -2.33. The second kappa shape index (κ2) is 7.12. The van der Waals surface area contributed by atoms with Crippen LogP contribution in [0.25, 0.3) is 0 Å². The Bertz CT molecular complexity index is 779. The van der Waals surface area contributed by atoms with Gasteiger partial charge in [-0.05, 0) is 62.9 Å². The second-order valence-corrected chi connectivity index (χ2v) is 7.61. The van der Waals surface area contributed by atoms with Crippen molar-refractivity contribution in [2.24, 2.45) is 11.3 Å². The highest BCUT2D eigenvalue weighted by molar-refractivity contribution is 5.82. The van der Waals surface area contributed by atoms with E-state index >= 15 is 0 Å². The predicted molar refractivity (Wildman–Crippen MR) is 102 cm³/mol. The molecule has 4 rings (SSSR count). The zero-order valence-electron chi connectivity index (χ0n) is 15.3. The molecule has 1 aliphatic heterocycles. The van der Waals surface area contributed by atoms with Gasteiger partial charge in [-0.3, -0.25) is 4.79 Å². The van der Waals surface area contributed by atoms with Gasteiger partial charge in [0.2, 0.25) is 5.91 Å². The van der Waals surface area contributed by atoms with E-state index in [2.05, 4.69) is 17.6 Å². The molecule has 26 heavy (non-hydrogen) atoms. The van der Waals surface area contributed by atoms with Crippen LogP contribution in [-0.4, -0.2) is 19.0 Å². The minimum Gasteiger partial charge on any atom is -0.457 e. The first-order chi connectivity index (χ1) is 12.7. The average molecular weight is 350 g/mol. The molecule has 136 valence electrons. The lowest BCUT2D eigenvalue weighted by atomic mass is 9.92. The molecule has 0 radical (unpaired) electrons. The molecule has 1 atom stereocenters. The van der Waals surface area contributed by atoms with Crippen LogP contribution in [-0.2, 0) is 11.3 Å². The molecule has 2 N–H and O–H groups in total. The van der Waals surface area contributed by atoms with Crippen LogP contribution >= 0.6 is 0 Å². The number of piperidine rings is 1. The van der Waals surface area contributed by atoms with Crippen LogP contribution in [0.4, 0.5) is 0 Å². The fourth-order valence-corrected chi connectivity index (χ4v) is 3.98. The number of ether oxygens (including phenoxy) is 1. The Morgan fingerprint density at radius 2 is 1.88 bits per heavy atom. The van der Waals surface area contributed by atoms with E-state index < -0.39 is 0 Å². The molecule has 0 bridgehead atoms. The predicted octanol–water partition coefficient (Wildman–Crippen LogP) is 3.79. The van der Waals surface area contributed by atoms with Crippen LogP contribution in [0.5, 0.6) is 11.5 Å². The maximum Gasteiger partial charge on any atom is 0.223 e. The highest BCUT2D eigenvalue weighted by Crippen LogP contribution is 2.58. The van der Waals surface area contributed by atoms with E-state index in [1.54, 1.807) is 0 Å². The summed E-state index contributed by atoms with van der Waals surface area (Å²) < 4.78 is 6.02. The van der Waals surface area contributed by atoms with Crippen molar-refractivity contribution in [3.8, 4) is 11.5 Å². The summed E-state index contributed by atoms with van der Waals surface area (Å²) >= 11 is 0. The SMILES string of the molecule is Cc1ccc(Oc2ccccc2CNC(=O)C2CC23CCNCC3)cc1. The molecule has 2 aliphatic rings. The Kier molecular flexibility index (Phi) is 4.68. The van der Waals surface area contributed by atoms with Crippen molar-refractivity contribution in [1.29, 1.82) is 0 Å². The molecule has 2 fully saturated rings. The minimum atomic E-state index is 0.190. The first kappa shape index (κ1) is 17.1. The molecule has 2 aromatic carbocycles. The molecule has 1 saturated heterocycles. The van der Waals surface area contributed by atoms with Gasteiger partial charge in [-0.25, -0.2) is 0 Å². The average Bonchev–Trinajstić information content (AvgIpc) is 3.36. The molecular weight excluding hydrogens is 324 g/mol. The quantitative estimate of drug-likeness (QED) is 0.862. The van der Waals surface area contributed by atoms with Crippen molar-refractivity contribution < 1.29 is 9.53 Å². The van der Waals surface area contributed by atoms with Crippen molar-refractivity contribution in [3.63, 3.8) is 0 Å². The monoisotopic (exact) mass is 350 g/mol. The van der Waals surface area contributed by atoms with E-state index in [9.17, 15) is 4.79 Å². The van der Waals surface area contributed by atoms with Crippen LogP contribution in [0.15, 0.2) is 48.5 Å². The molecule has 1 aliphatic carbocycles. The molecule has 0 aromatic heterocycles. The summed E-state index contributed by atoms with van der Waals surface area (Å²) in [5, 5.41) is 6.51. The van der Waals surface area contributed by atoms with Gasteiger partial charge in [0.15, 0.2) is 0 Å². The highest BCUT2D eigenvalue weighted by atomic mass is 16.5. The van der Waals surface area contributed by atoms with Crippen molar-refractivity contribution in [1.82, 2.24) is 10.6 Å². The van der Waals surface area contributed by atoms with Gasteiger partial charge in [0.1, 0.15) is 11.5 Å². The summed E-state index contributed by atoms with van der Waals surface area (Å²) in [6.45, 7) is 4.64. The van der Waals surface area contributed by atoms with Crippen LogP contribution < -0.4 is 15.4 Å². The summed E-state index contributed by atoms with van der Waals surface area (Å²) in [6, 6.07) is 15.9. The highest BCUT2D eigenvalue weighted by Gasteiger charge is 2.57. The van der Waals surface area contributed by atoms with Gasteiger partial charge < -0.3 is 15.4 Å². The Labute approximate surface area is 155 Å². The number of amides is 1. The topological polar surface area (TPSA) is 50.4 Å². The number of hydrogen-bond donors (Lipinski definition) is 2. The number of benzene rings is 2. The Balaban J connectivity index is 1.38. The Morgan fingerprint density at radius 1 is 1.15 bits per heavy atom.